The van der Waals surface area contributed by atoms with E-state index in [1.54, 1.807) is 6.92 Å². The fourth-order valence-electron chi connectivity index (χ4n) is 4.36. The lowest BCUT2D eigenvalue weighted by Gasteiger charge is -2.21. The third kappa shape index (κ3) is 9.32. The Hall–Kier alpha value is -2.14. The number of carbonyl (C=O) groups is 2. The van der Waals surface area contributed by atoms with Gasteiger partial charge in [0.25, 0.3) is 5.91 Å². The Balaban J connectivity index is 1.56. The van der Waals surface area contributed by atoms with E-state index in [1.165, 1.54) is 44.9 Å². The molecule has 1 saturated heterocycles. The highest BCUT2D eigenvalue weighted by Gasteiger charge is 2.44. The number of allylic oxidation sites excluding steroid dienone is 2. The second-order valence-electron chi connectivity index (χ2n) is 9.20. The monoisotopic (exact) mass is 457 g/mol. The molecule has 1 heterocycles. The SMILES string of the molecule is CCCCCCCC/C=C\CCCCCC[C@@H](O)C(=O)N1C(=O)O[C@@H](c2ccccc2)[C@H]1C. The fourth-order valence-corrected chi connectivity index (χ4v) is 4.36. The minimum atomic E-state index is -1.16. The summed E-state index contributed by atoms with van der Waals surface area (Å²) in [5, 5.41) is 10.4. The molecule has 1 aliphatic rings. The first-order valence-corrected chi connectivity index (χ1v) is 13.0. The van der Waals surface area contributed by atoms with Gasteiger partial charge < -0.3 is 9.84 Å². The maximum atomic E-state index is 12.7. The fraction of sp³-hybridized carbons (Fsp3) is 0.643. The number of unbranched alkanes of at least 4 members (excludes halogenated alkanes) is 10. The normalized spacial score (nSPS) is 19.2. The van der Waals surface area contributed by atoms with Crippen LogP contribution in [0.15, 0.2) is 42.5 Å². The van der Waals surface area contributed by atoms with Crippen LogP contribution in [0.3, 0.4) is 0 Å². The largest absolute Gasteiger partial charge is 0.439 e. The van der Waals surface area contributed by atoms with Crippen molar-refractivity contribution in [3.8, 4) is 0 Å². The molecule has 5 nitrogen and oxygen atoms in total. The Labute approximate surface area is 200 Å². The average Bonchev–Trinajstić information content (AvgIpc) is 3.12. The van der Waals surface area contributed by atoms with E-state index in [0.29, 0.717) is 6.42 Å². The van der Waals surface area contributed by atoms with Crippen LogP contribution in [-0.2, 0) is 9.53 Å². The van der Waals surface area contributed by atoms with Crippen LogP contribution in [0.25, 0.3) is 0 Å². The van der Waals surface area contributed by atoms with Gasteiger partial charge in [-0.25, -0.2) is 9.69 Å². The molecule has 2 rings (SSSR count). The summed E-state index contributed by atoms with van der Waals surface area (Å²) in [6, 6.07) is 8.96. The van der Waals surface area contributed by atoms with Crippen molar-refractivity contribution < 1.29 is 19.4 Å². The molecule has 33 heavy (non-hydrogen) atoms. The maximum absolute atomic E-state index is 12.7. The zero-order valence-corrected chi connectivity index (χ0v) is 20.6. The van der Waals surface area contributed by atoms with Crippen molar-refractivity contribution in [2.45, 2.75) is 116 Å². The second kappa shape index (κ2) is 15.7. The van der Waals surface area contributed by atoms with Crippen LogP contribution < -0.4 is 0 Å². The van der Waals surface area contributed by atoms with E-state index >= 15 is 0 Å². The predicted molar refractivity (Wildman–Crippen MR) is 133 cm³/mol. The molecule has 1 N–H and O–H groups in total. The molecular formula is C28H43NO4. The molecule has 1 fully saturated rings. The standard InChI is InChI=1S/C28H43NO4/c1-3-4-5-6-7-8-9-10-11-12-13-14-15-19-22-25(30)27(31)29-23(2)26(33-28(29)32)24-20-17-16-18-21-24/h10-11,16-18,20-21,23,25-26,30H,3-9,12-15,19,22H2,1-2H3/b11-10-/t23-,25-,26-/m1/s1. The van der Waals surface area contributed by atoms with Crippen molar-refractivity contribution in [1.29, 1.82) is 0 Å². The van der Waals surface area contributed by atoms with E-state index in [-0.39, 0.29) is 0 Å². The minimum Gasteiger partial charge on any atom is -0.439 e. The number of rotatable bonds is 16. The second-order valence-corrected chi connectivity index (χ2v) is 9.20. The van der Waals surface area contributed by atoms with Crippen molar-refractivity contribution in [1.82, 2.24) is 4.90 Å². The molecule has 0 bridgehead atoms. The number of aliphatic hydroxyl groups excluding tert-OH is 1. The van der Waals surface area contributed by atoms with E-state index in [1.807, 2.05) is 30.3 Å². The molecule has 0 spiro atoms. The Bertz CT molecular complexity index is 718. The van der Waals surface area contributed by atoms with Gasteiger partial charge in [0, 0.05) is 0 Å². The Morgan fingerprint density at radius 3 is 2.18 bits per heavy atom. The summed E-state index contributed by atoms with van der Waals surface area (Å²) in [6.07, 6.45) is 16.9. The van der Waals surface area contributed by atoms with Crippen LogP contribution in [0, 0.1) is 0 Å². The number of amides is 2. The first kappa shape index (κ1) is 27.1. The van der Waals surface area contributed by atoms with E-state index in [4.69, 9.17) is 4.74 Å². The van der Waals surface area contributed by atoms with E-state index in [0.717, 1.165) is 42.6 Å². The Kier molecular flexibility index (Phi) is 12.9. The number of imide groups is 1. The highest BCUT2D eigenvalue weighted by Crippen LogP contribution is 2.32. The van der Waals surface area contributed by atoms with Gasteiger partial charge in [0.15, 0.2) is 0 Å². The van der Waals surface area contributed by atoms with Crippen molar-refractivity contribution in [3.63, 3.8) is 0 Å². The van der Waals surface area contributed by atoms with Gasteiger partial charge in [-0.2, -0.15) is 0 Å². The summed E-state index contributed by atoms with van der Waals surface area (Å²) in [6.45, 7) is 4.03. The summed E-state index contributed by atoms with van der Waals surface area (Å²) in [4.78, 5) is 26.0. The van der Waals surface area contributed by atoms with E-state index < -0.39 is 30.3 Å². The molecule has 0 aromatic heterocycles. The van der Waals surface area contributed by atoms with Crippen LogP contribution >= 0.6 is 0 Å². The van der Waals surface area contributed by atoms with Crippen LogP contribution in [0.4, 0.5) is 4.79 Å². The topological polar surface area (TPSA) is 66.8 Å². The van der Waals surface area contributed by atoms with Gasteiger partial charge in [0.1, 0.15) is 12.2 Å². The van der Waals surface area contributed by atoms with Crippen molar-refractivity contribution in [2.24, 2.45) is 0 Å². The Morgan fingerprint density at radius 2 is 1.55 bits per heavy atom. The predicted octanol–water partition coefficient (Wildman–Crippen LogP) is 7.10. The number of carbonyl (C=O) groups excluding carboxylic acids is 2. The van der Waals surface area contributed by atoms with Gasteiger partial charge in [-0.3, -0.25) is 4.79 Å². The van der Waals surface area contributed by atoms with Crippen LogP contribution in [0.5, 0.6) is 0 Å². The van der Waals surface area contributed by atoms with Gasteiger partial charge in [0.2, 0.25) is 0 Å². The molecular weight excluding hydrogens is 414 g/mol. The molecule has 3 atom stereocenters. The van der Waals surface area contributed by atoms with Crippen LogP contribution in [0.2, 0.25) is 0 Å². The van der Waals surface area contributed by atoms with Gasteiger partial charge >= 0.3 is 6.09 Å². The third-order valence-corrected chi connectivity index (χ3v) is 6.41. The first-order valence-electron chi connectivity index (χ1n) is 13.0. The molecule has 0 saturated carbocycles. The zero-order chi connectivity index (χ0) is 23.9. The van der Waals surface area contributed by atoms with Crippen molar-refractivity contribution in [3.05, 3.63) is 48.0 Å². The lowest BCUT2D eigenvalue weighted by molar-refractivity contribution is -0.138. The first-order chi connectivity index (χ1) is 16.1. The molecule has 5 heteroatoms. The van der Waals surface area contributed by atoms with Crippen LogP contribution in [-0.4, -0.2) is 34.2 Å². The van der Waals surface area contributed by atoms with E-state index in [2.05, 4.69) is 19.1 Å². The summed E-state index contributed by atoms with van der Waals surface area (Å²) in [5.74, 6) is -0.552. The zero-order valence-electron chi connectivity index (χ0n) is 20.6. The van der Waals surface area contributed by atoms with E-state index in [9.17, 15) is 14.7 Å². The van der Waals surface area contributed by atoms with Gasteiger partial charge in [-0.1, -0.05) is 101 Å². The molecule has 184 valence electrons. The summed E-state index contributed by atoms with van der Waals surface area (Å²) >= 11 is 0. The van der Waals surface area contributed by atoms with Crippen molar-refractivity contribution in [2.75, 3.05) is 0 Å². The molecule has 0 radical (unpaired) electrons. The number of hydrogen-bond acceptors (Lipinski definition) is 4. The molecule has 2 amide bonds. The molecule has 1 aromatic carbocycles. The summed E-state index contributed by atoms with van der Waals surface area (Å²) < 4.78 is 5.42. The number of hydrogen-bond donors (Lipinski definition) is 1. The highest BCUT2D eigenvalue weighted by molar-refractivity contribution is 5.96. The quantitative estimate of drug-likeness (QED) is 0.212. The molecule has 0 unspecified atom stereocenters. The third-order valence-electron chi connectivity index (χ3n) is 6.41. The smallest absolute Gasteiger partial charge is 0.417 e. The van der Waals surface area contributed by atoms with Gasteiger partial charge in [-0.15, -0.1) is 0 Å². The molecule has 1 aliphatic heterocycles. The summed E-state index contributed by atoms with van der Waals surface area (Å²) in [5.41, 5.74) is 0.851. The minimum absolute atomic E-state index is 0.374. The van der Waals surface area contributed by atoms with Gasteiger partial charge in [0.05, 0.1) is 6.04 Å². The molecule has 0 aliphatic carbocycles. The lowest BCUT2D eigenvalue weighted by Crippen LogP contribution is -2.43. The molecule has 1 aromatic rings. The summed E-state index contributed by atoms with van der Waals surface area (Å²) in [7, 11) is 0. The number of aliphatic hydroxyl groups is 1. The average molecular weight is 458 g/mol. The number of nitrogens with zero attached hydrogens (tertiary/aromatic N) is 1. The lowest BCUT2D eigenvalue weighted by atomic mass is 10.0. The number of ether oxygens (including phenoxy) is 1. The van der Waals surface area contributed by atoms with Gasteiger partial charge in [-0.05, 0) is 44.6 Å². The number of benzene rings is 1. The maximum Gasteiger partial charge on any atom is 0.417 e. The Morgan fingerprint density at radius 1 is 0.970 bits per heavy atom. The van der Waals surface area contributed by atoms with Crippen molar-refractivity contribution >= 4 is 12.0 Å². The van der Waals surface area contributed by atoms with Crippen LogP contribution in [0.1, 0.15) is 109 Å². The highest BCUT2D eigenvalue weighted by atomic mass is 16.6. The number of cyclic esters (lactones) is 1.